The van der Waals surface area contributed by atoms with Gasteiger partial charge in [0, 0.05) is 13.7 Å². The topological polar surface area (TPSA) is 68.8 Å². The third kappa shape index (κ3) is 3.97. The van der Waals surface area contributed by atoms with Gasteiger partial charge in [-0.1, -0.05) is 0 Å². The summed E-state index contributed by atoms with van der Waals surface area (Å²) in [5.41, 5.74) is 0.182. The molecule has 1 heterocycles. The number of hydrogen-bond donors (Lipinski definition) is 2. The molecule has 1 fully saturated rings. The summed E-state index contributed by atoms with van der Waals surface area (Å²) in [6.07, 6.45) is 1.34. The van der Waals surface area contributed by atoms with Crippen LogP contribution in [-0.2, 0) is 16.1 Å². The van der Waals surface area contributed by atoms with Crippen molar-refractivity contribution in [2.75, 3.05) is 34.4 Å². The van der Waals surface area contributed by atoms with Crippen LogP contribution >= 0.6 is 15.9 Å². The normalized spacial score (nSPS) is 16.7. The molecule has 0 atom stereocenters. The lowest BCUT2D eigenvalue weighted by atomic mass is 9.91. The first-order valence-corrected chi connectivity index (χ1v) is 8.30. The third-order valence-electron chi connectivity index (χ3n) is 4.16. The molecule has 1 amide bonds. The standard InChI is InChI=1S/C16H23BrN2O4/c1-21-13-9-11(8-12(17)14(13)22-2)10-19-15(20)16(23-3)4-6-18-7-5-16/h8-9,18H,4-7,10H2,1-3H3,(H,19,20). The number of ether oxygens (including phenoxy) is 3. The Morgan fingerprint density at radius 1 is 1.26 bits per heavy atom. The molecule has 0 unspecified atom stereocenters. The van der Waals surface area contributed by atoms with Crippen molar-refractivity contribution in [2.45, 2.75) is 25.0 Å². The summed E-state index contributed by atoms with van der Waals surface area (Å²) >= 11 is 3.46. The SMILES string of the molecule is COc1cc(CNC(=O)C2(OC)CCNCC2)cc(Br)c1OC. The number of benzene rings is 1. The van der Waals surface area contributed by atoms with Crippen LogP contribution in [0.2, 0.25) is 0 Å². The van der Waals surface area contributed by atoms with Crippen LogP contribution in [0, 0.1) is 0 Å². The van der Waals surface area contributed by atoms with Crippen molar-refractivity contribution in [1.82, 2.24) is 10.6 Å². The summed E-state index contributed by atoms with van der Waals surface area (Å²) in [7, 11) is 4.77. The number of methoxy groups -OCH3 is 3. The fourth-order valence-corrected chi connectivity index (χ4v) is 3.42. The zero-order chi connectivity index (χ0) is 16.9. The molecule has 1 aliphatic heterocycles. The fraction of sp³-hybridized carbons (Fsp3) is 0.562. The summed E-state index contributed by atoms with van der Waals surface area (Å²) in [6.45, 7) is 1.96. The molecule has 7 heteroatoms. The van der Waals surface area contributed by atoms with E-state index in [-0.39, 0.29) is 5.91 Å². The molecule has 0 spiro atoms. The Kier molecular flexibility index (Phi) is 6.26. The number of carbonyl (C=O) groups excluding carboxylic acids is 1. The molecule has 1 aromatic rings. The fourth-order valence-electron chi connectivity index (χ4n) is 2.77. The predicted octanol–water partition coefficient (Wildman–Crippen LogP) is 1.85. The van der Waals surface area contributed by atoms with E-state index in [2.05, 4.69) is 26.6 Å². The summed E-state index contributed by atoms with van der Waals surface area (Å²) in [5, 5.41) is 6.21. The number of hydrogen-bond acceptors (Lipinski definition) is 5. The molecule has 2 rings (SSSR count). The lowest BCUT2D eigenvalue weighted by molar-refractivity contribution is -0.146. The highest BCUT2D eigenvalue weighted by atomic mass is 79.9. The van der Waals surface area contributed by atoms with Crippen molar-refractivity contribution in [1.29, 1.82) is 0 Å². The van der Waals surface area contributed by atoms with Crippen LogP contribution in [0.4, 0.5) is 0 Å². The van der Waals surface area contributed by atoms with E-state index >= 15 is 0 Å². The van der Waals surface area contributed by atoms with E-state index in [1.165, 1.54) is 0 Å². The number of piperidine rings is 1. The van der Waals surface area contributed by atoms with E-state index in [1.807, 2.05) is 12.1 Å². The second kappa shape index (κ2) is 7.99. The van der Waals surface area contributed by atoms with Crippen LogP contribution in [0.5, 0.6) is 11.5 Å². The monoisotopic (exact) mass is 386 g/mol. The zero-order valence-electron chi connectivity index (χ0n) is 13.7. The zero-order valence-corrected chi connectivity index (χ0v) is 15.3. The maximum Gasteiger partial charge on any atom is 0.252 e. The second-order valence-corrected chi connectivity index (χ2v) is 6.30. The molecule has 128 valence electrons. The van der Waals surface area contributed by atoms with Gasteiger partial charge in [-0.15, -0.1) is 0 Å². The Hall–Kier alpha value is -1.31. The first-order valence-electron chi connectivity index (χ1n) is 7.51. The van der Waals surface area contributed by atoms with Crippen molar-refractivity contribution in [3.05, 3.63) is 22.2 Å². The van der Waals surface area contributed by atoms with Gasteiger partial charge in [0.1, 0.15) is 5.60 Å². The Bertz CT molecular complexity index is 559. The van der Waals surface area contributed by atoms with Crippen LogP contribution in [0.15, 0.2) is 16.6 Å². The Balaban J connectivity index is 2.08. The highest BCUT2D eigenvalue weighted by molar-refractivity contribution is 9.10. The Labute approximate surface area is 145 Å². The maximum absolute atomic E-state index is 12.6. The highest BCUT2D eigenvalue weighted by Crippen LogP contribution is 2.36. The van der Waals surface area contributed by atoms with E-state index in [9.17, 15) is 4.79 Å². The van der Waals surface area contributed by atoms with Crippen molar-refractivity contribution in [3.8, 4) is 11.5 Å². The molecule has 0 saturated carbocycles. The Morgan fingerprint density at radius 2 is 1.96 bits per heavy atom. The number of nitrogens with one attached hydrogen (secondary N) is 2. The van der Waals surface area contributed by atoms with Crippen LogP contribution in [0.25, 0.3) is 0 Å². The van der Waals surface area contributed by atoms with Gasteiger partial charge in [0.25, 0.3) is 5.91 Å². The molecule has 1 aromatic carbocycles. The molecule has 0 bridgehead atoms. The van der Waals surface area contributed by atoms with E-state index in [4.69, 9.17) is 14.2 Å². The average molecular weight is 387 g/mol. The van der Waals surface area contributed by atoms with Crippen molar-refractivity contribution >= 4 is 21.8 Å². The van der Waals surface area contributed by atoms with Crippen LogP contribution in [0.3, 0.4) is 0 Å². The van der Waals surface area contributed by atoms with Gasteiger partial charge in [0.15, 0.2) is 11.5 Å². The molecule has 1 aliphatic rings. The molecule has 2 N–H and O–H groups in total. The minimum Gasteiger partial charge on any atom is -0.493 e. The quantitative estimate of drug-likeness (QED) is 0.780. The minimum atomic E-state index is -0.737. The van der Waals surface area contributed by atoms with E-state index < -0.39 is 5.60 Å². The number of rotatable bonds is 6. The smallest absolute Gasteiger partial charge is 0.252 e. The number of halogens is 1. The molecule has 6 nitrogen and oxygen atoms in total. The number of amides is 1. The lowest BCUT2D eigenvalue weighted by Gasteiger charge is -2.34. The molecular weight excluding hydrogens is 364 g/mol. The van der Waals surface area contributed by atoms with Gasteiger partial charge in [-0.05, 0) is 59.6 Å². The summed E-state index contributed by atoms with van der Waals surface area (Å²) < 4.78 is 16.9. The molecule has 1 saturated heterocycles. The molecule has 23 heavy (non-hydrogen) atoms. The first kappa shape index (κ1) is 18.0. The Morgan fingerprint density at radius 3 is 2.52 bits per heavy atom. The number of carbonyl (C=O) groups is 1. The largest absolute Gasteiger partial charge is 0.493 e. The highest BCUT2D eigenvalue weighted by Gasteiger charge is 2.39. The predicted molar refractivity (Wildman–Crippen MR) is 90.9 cm³/mol. The van der Waals surface area contributed by atoms with Crippen LogP contribution < -0.4 is 20.1 Å². The van der Waals surface area contributed by atoms with Crippen molar-refractivity contribution in [3.63, 3.8) is 0 Å². The molecule has 0 aromatic heterocycles. The van der Waals surface area contributed by atoms with Gasteiger partial charge in [0.05, 0.1) is 18.7 Å². The van der Waals surface area contributed by atoms with Gasteiger partial charge in [-0.3, -0.25) is 4.79 Å². The minimum absolute atomic E-state index is 0.0765. The van der Waals surface area contributed by atoms with Gasteiger partial charge >= 0.3 is 0 Å². The van der Waals surface area contributed by atoms with Crippen molar-refractivity contribution in [2.24, 2.45) is 0 Å². The van der Waals surface area contributed by atoms with Gasteiger partial charge < -0.3 is 24.8 Å². The second-order valence-electron chi connectivity index (χ2n) is 5.44. The van der Waals surface area contributed by atoms with E-state index in [0.29, 0.717) is 30.9 Å². The lowest BCUT2D eigenvalue weighted by Crippen LogP contribution is -2.53. The molecule has 0 aliphatic carbocycles. The van der Waals surface area contributed by atoms with Crippen LogP contribution in [0.1, 0.15) is 18.4 Å². The van der Waals surface area contributed by atoms with Crippen LogP contribution in [-0.4, -0.2) is 45.9 Å². The van der Waals surface area contributed by atoms with Crippen molar-refractivity contribution < 1.29 is 19.0 Å². The van der Waals surface area contributed by atoms with Gasteiger partial charge in [0.2, 0.25) is 0 Å². The van der Waals surface area contributed by atoms with E-state index in [0.717, 1.165) is 23.1 Å². The van der Waals surface area contributed by atoms with Gasteiger partial charge in [-0.25, -0.2) is 0 Å². The summed E-state index contributed by atoms with van der Waals surface area (Å²) in [6, 6.07) is 3.76. The first-order chi connectivity index (χ1) is 11.1. The average Bonchev–Trinajstić information content (AvgIpc) is 2.59. The van der Waals surface area contributed by atoms with E-state index in [1.54, 1.807) is 21.3 Å². The summed E-state index contributed by atoms with van der Waals surface area (Å²) in [4.78, 5) is 12.6. The maximum atomic E-state index is 12.6. The van der Waals surface area contributed by atoms with Gasteiger partial charge in [-0.2, -0.15) is 0 Å². The summed E-state index contributed by atoms with van der Waals surface area (Å²) in [5.74, 6) is 1.18. The molecule has 0 radical (unpaired) electrons. The third-order valence-corrected chi connectivity index (χ3v) is 4.75. The molecular formula is C16H23BrN2O4.